The predicted molar refractivity (Wildman–Crippen MR) is 105 cm³/mol. The van der Waals surface area contributed by atoms with Crippen LogP contribution < -0.4 is 4.74 Å². The van der Waals surface area contributed by atoms with Crippen LogP contribution in [0.25, 0.3) is 0 Å². The molecule has 0 amide bonds. The summed E-state index contributed by atoms with van der Waals surface area (Å²) in [4.78, 5) is 15.1. The SMILES string of the molecule is COc1ccc(S(=O)(=O)c2ccccc2)cc1N=Cc1ccccc1[N+](=O)[O-]. The van der Waals surface area contributed by atoms with Crippen LogP contribution in [0.5, 0.6) is 5.75 Å². The molecule has 0 radical (unpaired) electrons. The molecule has 3 aromatic carbocycles. The van der Waals surface area contributed by atoms with Crippen LogP contribution >= 0.6 is 0 Å². The number of nitrogens with zero attached hydrogens (tertiary/aromatic N) is 2. The molecule has 0 unspecified atom stereocenters. The van der Waals surface area contributed by atoms with Gasteiger partial charge in [0.2, 0.25) is 9.84 Å². The molecule has 3 aromatic rings. The van der Waals surface area contributed by atoms with Gasteiger partial charge in [-0.25, -0.2) is 8.42 Å². The molecule has 0 bridgehead atoms. The summed E-state index contributed by atoms with van der Waals surface area (Å²) in [5, 5.41) is 11.1. The highest BCUT2D eigenvalue weighted by atomic mass is 32.2. The Labute approximate surface area is 162 Å². The number of hydrogen-bond acceptors (Lipinski definition) is 6. The Hall–Kier alpha value is -3.52. The lowest BCUT2D eigenvalue weighted by Crippen LogP contribution is -2.02. The maximum Gasteiger partial charge on any atom is 0.278 e. The number of sulfone groups is 1. The molecule has 0 aromatic heterocycles. The van der Waals surface area contributed by atoms with Gasteiger partial charge in [0.15, 0.2) is 0 Å². The Bertz CT molecular complexity index is 1140. The van der Waals surface area contributed by atoms with E-state index in [2.05, 4.69) is 4.99 Å². The van der Waals surface area contributed by atoms with Gasteiger partial charge in [-0.2, -0.15) is 0 Å². The van der Waals surface area contributed by atoms with Gasteiger partial charge < -0.3 is 4.74 Å². The molecule has 0 atom stereocenters. The fourth-order valence-corrected chi connectivity index (χ4v) is 3.88. The Kier molecular flexibility index (Phi) is 5.51. The summed E-state index contributed by atoms with van der Waals surface area (Å²) < 4.78 is 30.9. The lowest BCUT2D eigenvalue weighted by molar-refractivity contribution is -0.385. The van der Waals surface area contributed by atoms with Crippen molar-refractivity contribution in [2.24, 2.45) is 4.99 Å². The van der Waals surface area contributed by atoms with Crippen LogP contribution in [-0.2, 0) is 9.84 Å². The van der Waals surface area contributed by atoms with Gasteiger partial charge in [-0.05, 0) is 36.4 Å². The summed E-state index contributed by atoms with van der Waals surface area (Å²) in [5.41, 5.74) is 0.446. The second-order valence-corrected chi connectivity index (χ2v) is 7.67. The molecule has 8 heteroatoms. The van der Waals surface area contributed by atoms with Crippen LogP contribution in [0.15, 0.2) is 87.6 Å². The van der Waals surface area contributed by atoms with Crippen LogP contribution in [-0.4, -0.2) is 26.7 Å². The van der Waals surface area contributed by atoms with E-state index in [4.69, 9.17) is 4.74 Å². The zero-order valence-electron chi connectivity index (χ0n) is 14.8. The Morgan fingerprint density at radius 1 is 0.964 bits per heavy atom. The number of hydrogen-bond donors (Lipinski definition) is 0. The fourth-order valence-electron chi connectivity index (χ4n) is 2.58. The number of aliphatic imine (C=N–C) groups is 1. The summed E-state index contributed by atoms with van der Waals surface area (Å²) in [6.45, 7) is 0. The van der Waals surface area contributed by atoms with Crippen molar-refractivity contribution in [1.29, 1.82) is 0 Å². The Balaban J connectivity index is 2.05. The van der Waals surface area contributed by atoms with Crippen molar-refractivity contribution >= 4 is 27.4 Å². The average molecular weight is 396 g/mol. The molecular formula is C20H16N2O5S. The highest BCUT2D eigenvalue weighted by Gasteiger charge is 2.19. The molecule has 0 saturated heterocycles. The number of nitro benzene ring substituents is 1. The summed E-state index contributed by atoms with van der Waals surface area (Å²) in [6.07, 6.45) is 1.31. The molecule has 0 heterocycles. The first kappa shape index (κ1) is 19.2. The van der Waals surface area contributed by atoms with Crippen LogP contribution in [0, 0.1) is 10.1 Å². The lowest BCUT2D eigenvalue weighted by Gasteiger charge is -2.09. The first-order valence-corrected chi connectivity index (χ1v) is 9.67. The standard InChI is InChI=1S/C20H16N2O5S/c1-27-20-12-11-17(28(25,26)16-8-3-2-4-9-16)13-18(20)21-14-15-7-5-6-10-19(15)22(23)24/h2-14H,1H3. The number of methoxy groups -OCH3 is 1. The molecule has 3 rings (SSSR count). The van der Waals surface area contributed by atoms with Crippen LogP contribution in [0.4, 0.5) is 11.4 Å². The molecule has 0 aliphatic heterocycles. The zero-order valence-corrected chi connectivity index (χ0v) is 15.7. The average Bonchev–Trinajstić information content (AvgIpc) is 2.72. The Morgan fingerprint density at radius 2 is 1.64 bits per heavy atom. The van der Waals surface area contributed by atoms with E-state index in [1.165, 1.54) is 49.7 Å². The van der Waals surface area contributed by atoms with E-state index in [9.17, 15) is 18.5 Å². The molecule has 0 fully saturated rings. The topological polar surface area (TPSA) is 98.9 Å². The first-order valence-electron chi connectivity index (χ1n) is 8.19. The zero-order chi connectivity index (χ0) is 20.1. The molecule has 0 N–H and O–H groups in total. The van der Waals surface area contributed by atoms with E-state index in [1.54, 1.807) is 36.4 Å². The van der Waals surface area contributed by atoms with Crippen LogP contribution in [0.2, 0.25) is 0 Å². The van der Waals surface area contributed by atoms with E-state index in [0.717, 1.165) is 0 Å². The maximum absolute atomic E-state index is 12.8. The third-order valence-corrected chi connectivity index (χ3v) is 5.76. The smallest absolute Gasteiger partial charge is 0.278 e. The van der Waals surface area contributed by atoms with Crippen molar-refractivity contribution in [3.63, 3.8) is 0 Å². The van der Waals surface area contributed by atoms with E-state index in [1.807, 2.05) is 0 Å². The van der Waals surface area contributed by atoms with Crippen LogP contribution in [0.1, 0.15) is 5.56 Å². The summed E-state index contributed by atoms with van der Waals surface area (Å²) >= 11 is 0. The van der Waals surface area contributed by atoms with Gasteiger partial charge in [-0.1, -0.05) is 30.3 Å². The second-order valence-electron chi connectivity index (χ2n) is 5.72. The largest absolute Gasteiger partial charge is 0.494 e. The number of nitro groups is 1. The highest BCUT2D eigenvalue weighted by molar-refractivity contribution is 7.91. The molecule has 0 aliphatic rings. The molecule has 0 spiro atoms. The molecular weight excluding hydrogens is 380 g/mol. The summed E-state index contributed by atoms with van der Waals surface area (Å²) in [5.74, 6) is 0.349. The predicted octanol–water partition coefficient (Wildman–Crippen LogP) is 4.19. The molecule has 0 aliphatic carbocycles. The van der Waals surface area contributed by atoms with Gasteiger partial charge >= 0.3 is 0 Å². The molecule has 142 valence electrons. The third kappa shape index (κ3) is 3.91. The number of para-hydroxylation sites is 1. The quantitative estimate of drug-likeness (QED) is 0.353. The third-order valence-electron chi connectivity index (χ3n) is 3.99. The molecule has 0 saturated carbocycles. The van der Waals surface area contributed by atoms with Gasteiger partial charge in [-0.3, -0.25) is 15.1 Å². The van der Waals surface area contributed by atoms with E-state index >= 15 is 0 Å². The minimum Gasteiger partial charge on any atom is -0.494 e. The van der Waals surface area contributed by atoms with E-state index in [-0.39, 0.29) is 21.2 Å². The number of rotatable bonds is 6. The van der Waals surface area contributed by atoms with Gasteiger partial charge in [0.05, 0.1) is 27.4 Å². The highest BCUT2D eigenvalue weighted by Crippen LogP contribution is 2.32. The monoisotopic (exact) mass is 396 g/mol. The first-order chi connectivity index (χ1) is 13.4. The normalized spacial score (nSPS) is 11.5. The fraction of sp³-hybridized carbons (Fsp3) is 0.0500. The van der Waals surface area contributed by atoms with Crippen molar-refractivity contribution in [1.82, 2.24) is 0 Å². The minimum absolute atomic E-state index is 0.0502. The number of ether oxygens (including phenoxy) is 1. The van der Waals surface area contributed by atoms with Gasteiger partial charge in [-0.15, -0.1) is 0 Å². The molecule has 28 heavy (non-hydrogen) atoms. The van der Waals surface area contributed by atoms with E-state index < -0.39 is 14.8 Å². The van der Waals surface area contributed by atoms with Crippen molar-refractivity contribution < 1.29 is 18.1 Å². The second kappa shape index (κ2) is 8.01. The molecule has 7 nitrogen and oxygen atoms in total. The minimum atomic E-state index is -3.73. The summed E-state index contributed by atoms with van der Waals surface area (Å²) in [7, 11) is -2.29. The lowest BCUT2D eigenvalue weighted by atomic mass is 10.2. The van der Waals surface area contributed by atoms with Crippen molar-refractivity contribution in [3.05, 3.63) is 88.5 Å². The van der Waals surface area contributed by atoms with Gasteiger partial charge in [0, 0.05) is 12.3 Å². The van der Waals surface area contributed by atoms with E-state index in [0.29, 0.717) is 11.3 Å². The van der Waals surface area contributed by atoms with Crippen molar-refractivity contribution in [2.75, 3.05) is 7.11 Å². The van der Waals surface area contributed by atoms with Crippen LogP contribution in [0.3, 0.4) is 0 Å². The van der Waals surface area contributed by atoms with Crippen molar-refractivity contribution in [2.45, 2.75) is 9.79 Å². The van der Waals surface area contributed by atoms with Gasteiger partial charge in [0.1, 0.15) is 11.4 Å². The Morgan fingerprint density at radius 3 is 2.32 bits per heavy atom. The maximum atomic E-state index is 12.8. The van der Waals surface area contributed by atoms with Gasteiger partial charge in [0.25, 0.3) is 5.69 Å². The van der Waals surface area contributed by atoms with Crippen molar-refractivity contribution in [3.8, 4) is 5.75 Å². The summed E-state index contributed by atoms with van der Waals surface area (Å²) in [6, 6.07) is 18.5. The number of benzene rings is 3.